The zero-order valence-electron chi connectivity index (χ0n) is 14.5. The fraction of sp³-hybridized carbons (Fsp3) is 1.00. The van der Waals surface area contributed by atoms with E-state index in [1.54, 1.807) is 0 Å². The van der Waals surface area contributed by atoms with E-state index in [1.165, 1.54) is 25.7 Å². The fourth-order valence-corrected chi connectivity index (χ4v) is 2.02. The molecule has 0 radical (unpaired) electrons. The Morgan fingerprint density at radius 2 is 1.29 bits per heavy atom. The van der Waals surface area contributed by atoms with E-state index in [1.807, 2.05) is 0 Å². The normalized spacial score (nSPS) is 12.7. The molecule has 21 heavy (non-hydrogen) atoms. The fourth-order valence-electron chi connectivity index (χ4n) is 2.02. The summed E-state index contributed by atoms with van der Waals surface area (Å²) in [5.41, 5.74) is 0. The van der Waals surface area contributed by atoms with Crippen molar-refractivity contribution in [3.8, 4) is 0 Å². The van der Waals surface area contributed by atoms with Crippen LogP contribution in [0.25, 0.3) is 0 Å². The second kappa shape index (κ2) is 17.9. The van der Waals surface area contributed by atoms with Gasteiger partial charge in [0, 0.05) is 19.3 Å². The quantitative estimate of drug-likeness (QED) is 0.418. The van der Waals surface area contributed by atoms with Gasteiger partial charge in [-0.2, -0.15) is 0 Å². The molecule has 4 nitrogen and oxygen atoms in total. The first-order valence-corrected chi connectivity index (χ1v) is 8.81. The zero-order chi connectivity index (χ0) is 15.6. The first kappa shape index (κ1) is 20.8. The van der Waals surface area contributed by atoms with Gasteiger partial charge in [0.15, 0.2) is 0 Å². The molecule has 0 aliphatic heterocycles. The lowest BCUT2D eigenvalue weighted by molar-refractivity contribution is 0.0132. The summed E-state index contributed by atoms with van der Waals surface area (Å²) in [5, 5.41) is 3.56. The van der Waals surface area contributed by atoms with Gasteiger partial charge in [-0.3, -0.25) is 0 Å². The molecule has 0 aliphatic carbocycles. The van der Waals surface area contributed by atoms with Crippen molar-refractivity contribution in [3.63, 3.8) is 0 Å². The van der Waals surface area contributed by atoms with E-state index in [9.17, 15) is 0 Å². The second-order valence-electron chi connectivity index (χ2n) is 5.39. The number of nitrogens with one attached hydrogen (secondary N) is 1. The molecule has 0 aromatic carbocycles. The minimum absolute atomic E-state index is 0.644. The average Bonchev–Trinajstić information content (AvgIpc) is 2.51. The van der Waals surface area contributed by atoms with Crippen molar-refractivity contribution in [3.05, 3.63) is 0 Å². The topological polar surface area (TPSA) is 39.7 Å². The van der Waals surface area contributed by atoms with Crippen LogP contribution in [0.1, 0.15) is 59.3 Å². The summed E-state index contributed by atoms with van der Waals surface area (Å²) in [6.07, 6.45) is 7.03. The third kappa shape index (κ3) is 16.0. The molecular weight excluding hydrogens is 266 g/mol. The van der Waals surface area contributed by atoms with Gasteiger partial charge < -0.3 is 19.5 Å². The van der Waals surface area contributed by atoms with Crippen molar-refractivity contribution >= 4 is 0 Å². The standard InChI is InChI=1S/C17H37NO3/c1-4-7-11-19-13-15-21-16-14-20-12-8-9-17(6-3)18-10-5-2/h17-18H,4-16H2,1-3H3. The van der Waals surface area contributed by atoms with Gasteiger partial charge >= 0.3 is 0 Å². The Hall–Kier alpha value is -0.160. The number of hydrogen-bond acceptors (Lipinski definition) is 4. The summed E-state index contributed by atoms with van der Waals surface area (Å²) in [6.45, 7) is 12.1. The van der Waals surface area contributed by atoms with E-state index in [0.717, 1.165) is 32.6 Å². The lowest BCUT2D eigenvalue weighted by Crippen LogP contribution is -2.29. The van der Waals surface area contributed by atoms with E-state index >= 15 is 0 Å². The Balaban J connectivity index is 3.14. The average molecular weight is 303 g/mol. The van der Waals surface area contributed by atoms with Crippen LogP contribution in [0.4, 0.5) is 0 Å². The number of ether oxygens (including phenoxy) is 3. The molecule has 0 saturated heterocycles. The molecule has 0 aliphatic rings. The van der Waals surface area contributed by atoms with E-state index < -0.39 is 0 Å². The predicted molar refractivity (Wildman–Crippen MR) is 89.0 cm³/mol. The number of hydrogen-bond donors (Lipinski definition) is 1. The lowest BCUT2D eigenvalue weighted by Gasteiger charge is -2.16. The highest BCUT2D eigenvalue weighted by atomic mass is 16.5. The van der Waals surface area contributed by atoms with E-state index in [2.05, 4.69) is 26.1 Å². The molecule has 0 heterocycles. The summed E-state index contributed by atoms with van der Waals surface area (Å²) in [4.78, 5) is 0. The van der Waals surface area contributed by atoms with Crippen molar-refractivity contribution in [1.29, 1.82) is 0 Å². The number of rotatable bonds is 17. The summed E-state index contributed by atoms with van der Waals surface area (Å²) < 4.78 is 16.5. The number of unbranched alkanes of at least 4 members (excludes halogenated alkanes) is 1. The van der Waals surface area contributed by atoms with Crippen molar-refractivity contribution in [2.24, 2.45) is 0 Å². The van der Waals surface area contributed by atoms with Crippen LogP contribution in [-0.4, -0.2) is 52.2 Å². The van der Waals surface area contributed by atoms with E-state index in [4.69, 9.17) is 14.2 Å². The predicted octanol–water partition coefficient (Wildman–Crippen LogP) is 3.39. The van der Waals surface area contributed by atoms with Gasteiger partial charge in [-0.05, 0) is 38.6 Å². The highest BCUT2D eigenvalue weighted by Crippen LogP contribution is 2.02. The molecule has 0 aromatic rings. The molecule has 0 fully saturated rings. The van der Waals surface area contributed by atoms with Gasteiger partial charge in [-0.15, -0.1) is 0 Å². The zero-order valence-corrected chi connectivity index (χ0v) is 14.5. The Kier molecular flexibility index (Phi) is 17.8. The van der Waals surface area contributed by atoms with E-state index in [0.29, 0.717) is 32.5 Å². The van der Waals surface area contributed by atoms with Crippen molar-refractivity contribution in [1.82, 2.24) is 5.32 Å². The first-order chi connectivity index (χ1) is 10.3. The van der Waals surface area contributed by atoms with Crippen LogP contribution in [0.3, 0.4) is 0 Å². The van der Waals surface area contributed by atoms with Gasteiger partial charge in [0.05, 0.1) is 26.4 Å². The lowest BCUT2D eigenvalue weighted by atomic mass is 10.1. The molecule has 0 bridgehead atoms. The summed E-state index contributed by atoms with van der Waals surface area (Å²) in [5.74, 6) is 0. The van der Waals surface area contributed by atoms with Crippen LogP contribution in [0.5, 0.6) is 0 Å². The minimum atomic E-state index is 0.644. The minimum Gasteiger partial charge on any atom is -0.379 e. The Morgan fingerprint density at radius 1 is 0.714 bits per heavy atom. The van der Waals surface area contributed by atoms with Gasteiger partial charge in [0.25, 0.3) is 0 Å². The van der Waals surface area contributed by atoms with Crippen LogP contribution >= 0.6 is 0 Å². The van der Waals surface area contributed by atoms with Gasteiger partial charge in [0.1, 0.15) is 0 Å². The molecule has 0 saturated carbocycles. The van der Waals surface area contributed by atoms with Crippen LogP contribution in [0, 0.1) is 0 Å². The molecule has 4 heteroatoms. The van der Waals surface area contributed by atoms with Gasteiger partial charge in [-0.1, -0.05) is 27.2 Å². The maximum atomic E-state index is 5.58. The van der Waals surface area contributed by atoms with Crippen LogP contribution in [0.2, 0.25) is 0 Å². The third-order valence-corrected chi connectivity index (χ3v) is 3.40. The van der Waals surface area contributed by atoms with Crippen LogP contribution < -0.4 is 5.32 Å². The largest absolute Gasteiger partial charge is 0.379 e. The Bertz CT molecular complexity index is 191. The maximum absolute atomic E-state index is 5.58. The highest BCUT2D eigenvalue weighted by Gasteiger charge is 2.03. The molecule has 1 atom stereocenters. The van der Waals surface area contributed by atoms with Crippen molar-refractivity contribution in [2.75, 3.05) is 46.2 Å². The summed E-state index contributed by atoms with van der Waals surface area (Å²) in [7, 11) is 0. The first-order valence-electron chi connectivity index (χ1n) is 8.81. The third-order valence-electron chi connectivity index (χ3n) is 3.40. The Labute approximate surface area is 131 Å². The second-order valence-corrected chi connectivity index (χ2v) is 5.39. The summed E-state index contributed by atoms with van der Waals surface area (Å²) in [6, 6.07) is 0.644. The monoisotopic (exact) mass is 303 g/mol. The highest BCUT2D eigenvalue weighted by molar-refractivity contribution is 4.63. The van der Waals surface area contributed by atoms with Crippen molar-refractivity contribution in [2.45, 2.75) is 65.3 Å². The molecular formula is C17H37NO3. The maximum Gasteiger partial charge on any atom is 0.0701 e. The van der Waals surface area contributed by atoms with Crippen molar-refractivity contribution < 1.29 is 14.2 Å². The molecule has 0 aromatic heterocycles. The molecule has 0 rings (SSSR count). The molecule has 1 N–H and O–H groups in total. The van der Waals surface area contributed by atoms with E-state index in [-0.39, 0.29) is 0 Å². The molecule has 1 unspecified atom stereocenters. The molecule has 128 valence electrons. The molecule has 0 amide bonds. The van der Waals surface area contributed by atoms with Gasteiger partial charge in [-0.25, -0.2) is 0 Å². The summed E-state index contributed by atoms with van der Waals surface area (Å²) >= 11 is 0. The van der Waals surface area contributed by atoms with Gasteiger partial charge in [0.2, 0.25) is 0 Å². The SMILES string of the molecule is CCCCOCCOCCOCCCC(CC)NCCC. The van der Waals surface area contributed by atoms with Crippen LogP contribution in [0.15, 0.2) is 0 Å². The molecule has 0 spiro atoms. The smallest absolute Gasteiger partial charge is 0.0701 e. The van der Waals surface area contributed by atoms with Crippen LogP contribution in [-0.2, 0) is 14.2 Å². The Morgan fingerprint density at radius 3 is 1.81 bits per heavy atom.